The van der Waals surface area contributed by atoms with E-state index >= 15 is 0 Å². The third-order valence-electron chi connectivity index (χ3n) is 4.64. The topological polar surface area (TPSA) is 54.5 Å². The van der Waals surface area contributed by atoms with Crippen molar-refractivity contribution in [2.24, 2.45) is 0 Å². The second kappa shape index (κ2) is 9.60. The van der Waals surface area contributed by atoms with E-state index in [1.807, 2.05) is 12.1 Å². The van der Waals surface area contributed by atoms with Gasteiger partial charge in [-0.1, -0.05) is 72.7 Å². The third kappa shape index (κ3) is 5.49. The third-order valence-corrected chi connectivity index (χ3v) is 6.19. The molecule has 0 bridgehead atoms. The van der Waals surface area contributed by atoms with Crippen LogP contribution in [-0.2, 0) is 5.41 Å². The lowest BCUT2D eigenvalue weighted by Crippen LogP contribution is -2.10. The lowest BCUT2D eigenvalue weighted by atomic mass is 9.87. The van der Waals surface area contributed by atoms with Crippen molar-refractivity contribution >= 4 is 27.7 Å². The van der Waals surface area contributed by atoms with Gasteiger partial charge in [0.05, 0.1) is 6.07 Å². The van der Waals surface area contributed by atoms with Crippen molar-refractivity contribution in [2.75, 3.05) is 5.75 Å². The minimum absolute atomic E-state index is 0.113. The van der Waals surface area contributed by atoms with Crippen LogP contribution in [0, 0.1) is 11.3 Å². The van der Waals surface area contributed by atoms with Crippen molar-refractivity contribution < 1.29 is 0 Å². The second-order valence-electron chi connectivity index (χ2n) is 7.91. The van der Waals surface area contributed by atoms with E-state index in [0.717, 1.165) is 45.3 Å². The molecule has 4 nitrogen and oxygen atoms in total. The molecule has 0 atom stereocenters. The molecule has 0 aliphatic rings. The summed E-state index contributed by atoms with van der Waals surface area (Å²) in [7, 11) is 0. The van der Waals surface area contributed by atoms with Crippen LogP contribution in [0.25, 0.3) is 17.1 Å². The molecule has 29 heavy (non-hydrogen) atoms. The van der Waals surface area contributed by atoms with Gasteiger partial charge >= 0.3 is 0 Å². The molecular formula is C23H25BrN4S. The van der Waals surface area contributed by atoms with E-state index in [0.29, 0.717) is 6.42 Å². The first-order valence-electron chi connectivity index (χ1n) is 9.72. The van der Waals surface area contributed by atoms with Crippen LogP contribution >= 0.6 is 27.7 Å². The van der Waals surface area contributed by atoms with Gasteiger partial charge in [-0.05, 0) is 48.1 Å². The summed E-state index contributed by atoms with van der Waals surface area (Å²) in [5.41, 5.74) is 3.49. The van der Waals surface area contributed by atoms with Crippen molar-refractivity contribution in [2.45, 2.75) is 50.6 Å². The number of thioether (sulfide) groups is 1. The van der Waals surface area contributed by atoms with Gasteiger partial charge in [-0.3, -0.25) is 4.57 Å². The normalized spacial score (nSPS) is 11.4. The van der Waals surface area contributed by atoms with E-state index in [1.165, 1.54) is 5.56 Å². The SMILES string of the molecule is CC(C)(C)c1ccc(-c2nnc(SCCCCC#N)n2-c2ccc(Br)cc2)cc1. The molecule has 0 N–H and O–H groups in total. The minimum Gasteiger partial charge on any atom is -0.270 e. The van der Waals surface area contributed by atoms with Gasteiger partial charge in [0.15, 0.2) is 11.0 Å². The van der Waals surface area contributed by atoms with Gasteiger partial charge in [0, 0.05) is 27.9 Å². The molecule has 3 aromatic rings. The molecule has 1 heterocycles. The first-order valence-corrected chi connectivity index (χ1v) is 11.5. The Morgan fingerprint density at radius 3 is 2.31 bits per heavy atom. The molecule has 0 spiro atoms. The summed E-state index contributed by atoms with van der Waals surface area (Å²) in [5.74, 6) is 1.76. The monoisotopic (exact) mass is 468 g/mol. The van der Waals surface area contributed by atoms with Gasteiger partial charge in [0.25, 0.3) is 0 Å². The molecule has 0 aliphatic heterocycles. The second-order valence-corrected chi connectivity index (χ2v) is 9.89. The number of rotatable bonds is 7. The largest absolute Gasteiger partial charge is 0.270 e. The Bertz CT molecular complexity index is 980. The Balaban J connectivity index is 1.94. The van der Waals surface area contributed by atoms with E-state index in [-0.39, 0.29) is 5.41 Å². The molecule has 0 unspecified atom stereocenters. The average molecular weight is 469 g/mol. The maximum absolute atomic E-state index is 8.71. The maximum atomic E-state index is 8.71. The lowest BCUT2D eigenvalue weighted by Gasteiger charge is -2.19. The number of hydrogen-bond acceptors (Lipinski definition) is 4. The van der Waals surface area contributed by atoms with Crippen LogP contribution in [0.4, 0.5) is 0 Å². The van der Waals surface area contributed by atoms with Gasteiger partial charge in [-0.25, -0.2) is 0 Å². The molecule has 0 saturated carbocycles. The molecule has 2 aromatic carbocycles. The number of unbranched alkanes of at least 4 members (excludes halogenated alkanes) is 2. The van der Waals surface area contributed by atoms with Crippen molar-refractivity contribution in [3.05, 3.63) is 58.6 Å². The zero-order chi connectivity index (χ0) is 20.9. The number of nitrogens with zero attached hydrogens (tertiary/aromatic N) is 4. The van der Waals surface area contributed by atoms with Gasteiger partial charge in [0.2, 0.25) is 0 Å². The highest BCUT2D eigenvalue weighted by Crippen LogP contribution is 2.31. The zero-order valence-corrected chi connectivity index (χ0v) is 19.4. The van der Waals surface area contributed by atoms with E-state index in [1.54, 1.807) is 11.8 Å². The number of nitriles is 1. The average Bonchev–Trinajstić information content (AvgIpc) is 3.12. The zero-order valence-electron chi connectivity index (χ0n) is 17.0. The molecule has 3 rings (SSSR count). The summed E-state index contributed by atoms with van der Waals surface area (Å²) < 4.78 is 3.16. The number of aromatic nitrogens is 3. The Morgan fingerprint density at radius 2 is 1.69 bits per heavy atom. The van der Waals surface area contributed by atoms with Gasteiger partial charge in [0.1, 0.15) is 0 Å². The number of benzene rings is 2. The van der Waals surface area contributed by atoms with E-state index in [9.17, 15) is 0 Å². The fourth-order valence-electron chi connectivity index (χ4n) is 2.96. The number of halogens is 1. The summed E-state index contributed by atoms with van der Waals surface area (Å²) in [6, 6.07) is 19.0. The van der Waals surface area contributed by atoms with Crippen LogP contribution in [-0.4, -0.2) is 20.5 Å². The molecule has 1 aromatic heterocycles. The van der Waals surface area contributed by atoms with Gasteiger partial charge < -0.3 is 0 Å². The van der Waals surface area contributed by atoms with Gasteiger partial charge in [-0.2, -0.15) is 5.26 Å². The quantitative estimate of drug-likeness (QED) is 0.283. The summed E-state index contributed by atoms with van der Waals surface area (Å²) in [6.45, 7) is 6.65. The lowest BCUT2D eigenvalue weighted by molar-refractivity contribution is 0.590. The van der Waals surface area contributed by atoms with Crippen LogP contribution in [0.1, 0.15) is 45.6 Å². The number of hydrogen-bond donors (Lipinski definition) is 0. The molecule has 0 radical (unpaired) electrons. The van der Waals surface area contributed by atoms with Crippen LogP contribution in [0.2, 0.25) is 0 Å². The first kappa shape index (κ1) is 21.6. The molecular weight excluding hydrogens is 444 g/mol. The van der Waals surface area contributed by atoms with Crippen LogP contribution < -0.4 is 0 Å². The van der Waals surface area contributed by atoms with Crippen molar-refractivity contribution in [3.8, 4) is 23.1 Å². The molecule has 0 aliphatic carbocycles. The Morgan fingerprint density at radius 1 is 1.00 bits per heavy atom. The molecule has 150 valence electrons. The Hall–Kier alpha value is -2.10. The van der Waals surface area contributed by atoms with Crippen molar-refractivity contribution in [1.29, 1.82) is 5.26 Å². The summed E-state index contributed by atoms with van der Waals surface area (Å²) in [5, 5.41) is 18.6. The minimum atomic E-state index is 0.113. The smallest absolute Gasteiger partial charge is 0.196 e. The highest BCUT2D eigenvalue weighted by molar-refractivity contribution is 9.10. The van der Waals surface area contributed by atoms with Crippen molar-refractivity contribution in [3.63, 3.8) is 0 Å². The summed E-state index contributed by atoms with van der Waals surface area (Å²) in [4.78, 5) is 0. The van der Waals surface area contributed by atoms with E-state index in [2.05, 4.69) is 93.9 Å². The highest BCUT2D eigenvalue weighted by atomic mass is 79.9. The fourth-order valence-corrected chi connectivity index (χ4v) is 4.18. The summed E-state index contributed by atoms with van der Waals surface area (Å²) in [6.07, 6.45) is 2.50. The summed E-state index contributed by atoms with van der Waals surface area (Å²) >= 11 is 5.20. The molecule has 0 amide bonds. The molecule has 0 fully saturated rings. The maximum Gasteiger partial charge on any atom is 0.196 e. The van der Waals surface area contributed by atoms with Crippen LogP contribution in [0.5, 0.6) is 0 Å². The predicted molar refractivity (Wildman–Crippen MR) is 123 cm³/mol. The predicted octanol–water partition coefficient (Wildman–Crippen LogP) is 6.78. The Labute approximate surface area is 185 Å². The first-order chi connectivity index (χ1) is 13.9. The van der Waals surface area contributed by atoms with E-state index in [4.69, 9.17) is 5.26 Å². The Kier molecular flexibility index (Phi) is 7.15. The molecule has 0 saturated heterocycles. The van der Waals surface area contributed by atoms with Gasteiger partial charge in [-0.15, -0.1) is 10.2 Å². The van der Waals surface area contributed by atoms with Crippen LogP contribution in [0.15, 0.2) is 58.2 Å². The highest BCUT2D eigenvalue weighted by Gasteiger charge is 2.18. The van der Waals surface area contributed by atoms with Crippen LogP contribution in [0.3, 0.4) is 0 Å². The fraction of sp³-hybridized carbons (Fsp3) is 0.348. The van der Waals surface area contributed by atoms with Crippen molar-refractivity contribution in [1.82, 2.24) is 14.8 Å². The van der Waals surface area contributed by atoms with E-state index < -0.39 is 0 Å². The molecule has 6 heteroatoms. The standard InChI is InChI=1S/C23H25BrN4S/c1-23(2,3)18-9-7-17(8-10-18)21-26-27-22(29-16-6-4-5-15-25)28(21)20-13-11-19(24)12-14-20/h7-14H,4-6,16H2,1-3H3.